The van der Waals surface area contributed by atoms with Crippen LogP contribution in [0.15, 0.2) is 33.5 Å². The number of aromatic amines is 1. The molecule has 0 radical (unpaired) electrons. The molecule has 0 fully saturated rings. The van der Waals surface area contributed by atoms with Gasteiger partial charge in [-0.25, -0.2) is 0 Å². The molecule has 1 N–H and O–H groups in total. The first-order valence-electron chi connectivity index (χ1n) is 6.33. The fourth-order valence-electron chi connectivity index (χ4n) is 2.68. The third-order valence-electron chi connectivity index (χ3n) is 3.66. The normalized spacial score (nSPS) is 11.2. The van der Waals surface area contributed by atoms with Crippen molar-refractivity contribution in [1.82, 2.24) is 4.98 Å². The zero-order valence-electron chi connectivity index (χ0n) is 11.5. The van der Waals surface area contributed by atoms with Crippen molar-refractivity contribution in [2.75, 3.05) is 7.11 Å². The van der Waals surface area contributed by atoms with Crippen LogP contribution in [0.1, 0.15) is 11.1 Å². The maximum Gasteiger partial charge on any atom is 0.256 e. The number of hydrogen-bond acceptors (Lipinski definition) is 2. The SMILES string of the molecule is COc1cc(C)c2[nH]c(=O)c3c(C)cccc3c2c1Br. The van der Waals surface area contributed by atoms with Crippen molar-refractivity contribution >= 4 is 37.6 Å². The lowest BCUT2D eigenvalue weighted by atomic mass is 10.0. The van der Waals surface area contributed by atoms with Crippen LogP contribution in [0.4, 0.5) is 0 Å². The van der Waals surface area contributed by atoms with Crippen molar-refractivity contribution in [3.05, 3.63) is 50.2 Å². The van der Waals surface area contributed by atoms with E-state index in [0.29, 0.717) is 0 Å². The number of aryl methyl sites for hydroxylation is 2. The van der Waals surface area contributed by atoms with Crippen molar-refractivity contribution in [3.63, 3.8) is 0 Å². The number of pyridine rings is 1. The average Bonchev–Trinajstić information content (AvgIpc) is 2.42. The van der Waals surface area contributed by atoms with E-state index < -0.39 is 0 Å². The maximum absolute atomic E-state index is 12.3. The van der Waals surface area contributed by atoms with Crippen LogP contribution < -0.4 is 10.3 Å². The Hall–Kier alpha value is -1.81. The van der Waals surface area contributed by atoms with Gasteiger partial charge in [-0.1, -0.05) is 18.2 Å². The van der Waals surface area contributed by atoms with E-state index in [0.717, 1.165) is 43.0 Å². The van der Waals surface area contributed by atoms with E-state index >= 15 is 0 Å². The molecular formula is C16H14BrNO2. The first-order chi connectivity index (χ1) is 9.54. The highest BCUT2D eigenvalue weighted by Crippen LogP contribution is 2.37. The third-order valence-corrected chi connectivity index (χ3v) is 4.44. The fraction of sp³-hybridized carbons (Fsp3) is 0.188. The molecule has 3 rings (SSSR count). The minimum Gasteiger partial charge on any atom is -0.496 e. The van der Waals surface area contributed by atoms with Crippen molar-refractivity contribution < 1.29 is 4.74 Å². The van der Waals surface area contributed by atoms with E-state index in [4.69, 9.17) is 4.74 Å². The number of hydrogen-bond donors (Lipinski definition) is 1. The number of halogens is 1. The lowest BCUT2D eigenvalue weighted by Gasteiger charge is -2.13. The molecule has 20 heavy (non-hydrogen) atoms. The third kappa shape index (κ3) is 1.75. The summed E-state index contributed by atoms with van der Waals surface area (Å²) < 4.78 is 6.27. The molecule has 3 aromatic rings. The minimum atomic E-state index is -0.0502. The summed E-state index contributed by atoms with van der Waals surface area (Å²) in [7, 11) is 1.64. The molecular weight excluding hydrogens is 318 g/mol. The standard InChI is InChI=1S/C16H14BrNO2/c1-8-5-4-6-10-12(8)16(19)18-15-9(2)7-11(20-3)14(17)13(10)15/h4-7H,1-3H3,(H,18,19). The van der Waals surface area contributed by atoms with Gasteiger partial charge in [-0.2, -0.15) is 0 Å². The summed E-state index contributed by atoms with van der Waals surface area (Å²) in [6, 6.07) is 7.82. The average molecular weight is 332 g/mol. The van der Waals surface area contributed by atoms with Crippen LogP contribution in [0.25, 0.3) is 21.7 Å². The monoisotopic (exact) mass is 331 g/mol. The lowest BCUT2D eigenvalue weighted by molar-refractivity contribution is 0.412. The van der Waals surface area contributed by atoms with Crippen molar-refractivity contribution in [2.24, 2.45) is 0 Å². The van der Waals surface area contributed by atoms with Gasteiger partial charge in [0.15, 0.2) is 0 Å². The summed E-state index contributed by atoms with van der Waals surface area (Å²) in [6.07, 6.45) is 0. The van der Waals surface area contributed by atoms with E-state index in [1.165, 1.54) is 0 Å². The molecule has 0 aliphatic rings. The first kappa shape index (κ1) is 13.2. The van der Waals surface area contributed by atoms with Gasteiger partial charge in [0.25, 0.3) is 5.56 Å². The number of methoxy groups -OCH3 is 1. The Morgan fingerprint density at radius 1 is 1.15 bits per heavy atom. The Morgan fingerprint density at radius 3 is 2.60 bits per heavy atom. The predicted molar refractivity (Wildman–Crippen MR) is 85.8 cm³/mol. The smallest absolute Gasteiger partial charge is 0.256 e. The fourth-order valence-corrected chi connectivity index (χ4v) is 3.37. The highest BCUT2D eigenvalue weighted by atomic mass is 79.9. The van der Waals surface area contributed by atoms with E-state index in [1.54, 1.807) is 7.11 Å². The van der Waals surface area contributed by atoms with E-state index in [1.807, 2.05) is 38.1 Å². The summed E-state index contributed by atoms with van der Waals surface area (Å²) in [6.45, 7) is 3.92. The quantitative estimate of drug-likeness (QED) is 0.683. The molecule has 0 saturated heterocycles. The first-order valence-corrected chi connectivity index (χ1v) is 7.12. The van der Waals surface area contributed by atoms with Crippen molar-refractivity contribution in [1.29, 1.82) is 0 Å². The van der Waals surface area contributed by atoms with Crippen molar-refractivity contribution in [3.8, 4) is 5.75 Å². The molecule has 1 aromatic heterocycles. The molecule has 0 saturated carbocycles. The molecule has 2 aromatic carbocycles. The zero-order valence-corrected chi connectivity index (χ0v) is 13.1. The topological polar surface area (TPSA) is 42.1 Å². The van der Waals surface area contributed by atoms with Gasteiger partial charge in [-0.3, -0.25) is 4.79 Å². The Labute approximate surface area is 124 Å². The summed E-state index contributed by atoms with van der Waals surface area (Å²) in [5, 5.41) is 2.66. The van der Waals surface area contributed by atoms with Gasteiger partial charge in [0.05, 0.1) is 22.5 Å². The van der Waals surface area contributed by atoms with E-state index in [-0.39, 0.29) is 5.56 Å². The van der Waals surface area contributed by atoms with E-state index in [9.17, 15) is 4.79 Å². The van der Waals surface area contributed by atoms with Crippen LogP contribution >= 0.6 is 15.9 Å². The van der Waals surface area contributed by atoms with Gasteiger partial charge < -0.3 is 9.72 Å². The number of rotatable bonds is 1. The Balaban J connectivity index is 2.69. The lowest BCUT2D eigenvalue weighted by Crippen LogP contribution is -2.09. The summed E-state index contributed by atoms with van der Waals surface area (Å²) in [5.74, 6) is 0.768. The number of aromatic nitrogens is 1. The highest BCUT2D eigenvalue weighted by Gasteiger charge is 2.14. The molecule has 102 valence electrons. The molecule has 4 heteroatoms. The second-order valence-electron chi connectivity index (χ2n) is 4.91. The number of fused-ring (bicyclic) bond motifs is 3. The van der Waals surface area contributed by atoms with Gasteiger partial charge in [0, 0.05) is 5.39 Å². The molecule has 0 atom stereocenters. The molecule has 0 unspecified atom stereocenters. The molecule has 0 spiro atoms. The van der Waals surface area contributed by atoms with Crippen LogP contribution in [-0.2, 0) is 0 Å². The van der Waals surface area contributed by atoms with Crippen LogP contribution in [-0.4, -0.2) is 12.1 Å². The van der Waals surface area contributed by atoms with Gasteiger partial charge in [-0.15, -0.1) is 0 Å². The van der Waals surface area contributed by atoms with Crippen LogP contribution in [0.3, 0.4) is 0 Å². The maximum atomic E-state index is 12.3. The molecule has 0 amide bonds. The second kappa shape index (κ2) is 4.63. The number of nitrogens with one attached hydrogen (secondary N) is 1. The van der Waals surface area contributed by atoms with Gasteiger partial charge in [0.2, 0.25) is 0 Å². The van der Waals surface area contributed by atoms with Crippen LogP contribution in [0.5, 0.6) is 5.75 Å². The summed E-state index contributed by atoms with van der Waals surface area (Å²) in [4.78, 5) is 15.3. The molecule has 0 bridgehead atoms. The number of benzene rings is 2. The molecule has 3 nitrogen and oxygen atoms in total. The van der Waals surface area contributed by atoms with Crippen LogP contribution in [0, 0.1) is 13.8 Å². The Morgan fingerprint density at radius 2 is 1.90 bits per heavy atom. The minimum absolute atomic E-state index is 0.0502. The van der Waals surface area contributed by atoms with Crippen LogP contribution in [0.2, 0.25) is 0 Å². The summed E-state index contributed by atoms with van der Waals surface area (Å²) in [5.41, 5.74) is 2.75. The van der Waals surface area contributed by atoms with E-state index in [2.05, 4.69) is 20.9 Å². The predicted octanol–water partition coefficient (Wildman–Crippen LogP) is 4.07. The Bertz CT molecular complexity index is 896. The molecule has 1 heterocycles. The summed E-state index contributed by atoms with van der Waals surface area (Å²) >= 11 is 3.60. The Kier molecular flexibility index (Phi) is 3.05. The molecule has 0 aliphatic carbocycles. The van der Waals surface area contributed by atoms with Gasteiger partial charge in [0.1, 0.15) is 5.75 Å². The van der Waals surface area contributed by atoms with Gasteiger partial charge in [-0.05, 0) is 52.4 Å². The molecule has 0 aliphatic heterocycles. The number of H-pyrrole nitrogens is 1. The second-order valence-corrected chi connectivity index (χ2v) is 5.70. The van der Waals surface area contributed by atoms with Gasteiger partial charge >= 0.3 is 0 Å². The highest BCUT2D eigenvalue weighted by molar-refractivity contribution is 9.10. The zero-order chi connectivity index (χ0) is 14.4. The number of ether oxygens (including phenoxy) is 1. The largest absolute Gasteiger partial charge is 0.496 e. The van der Waals surface area contributed by atoms with Crippen molar-refractivity contribution in [2.45, 2.75) is 13.8 Å².